The predicted molar refractivity (Wildman–Crippen MR) is 120 cm³/mol. The summed E-state index contributed by atoms with van der Waals surface area (Å²) in [7, 11) is 0. The first-order chi connectivity index (χ1) is 15.2. The maximum atomic E-state index is 12.6. The van der Waals surface area contributed by atoms with E-state index in [9.17, 15) is 24.8 Å². The molecule has 0 bridgehead atoms. The molecule has 8 nitrogen and oxygen atoms in total. The van der Waals surface area contributed by atoms with Crippen molar-refractivity contribution in [3.8, 4) is 17.1 Å². The summed E-state index contributed by atoms with van der Waals surface area (Å²) in [4.78, 5) is 35.2. The van der Waals surface area contributed by atoms with Crippen molar-refractivity contribution in [3.63, 3.8) is 0 Å². The Kier molecular flexibility index (Phi) is 5.19. The molecule has 32 heavy (non-hydrogen) atoms. The van der Waals surface area contributed by atoms with Crippen LogP contribution in [-0.4, -0.2) is 15.9 Å². The molecule has 0 fully saturated rings. The van der Waals surface area contributed by atoms with Crippen molar-refractivity contribution in [2.75, 3.05) is 5.32 Å². The number of fused-ring (bicyclic) bond motifs is 1. The number of anilines is 1. The van der Waals surface area contributed by atoms with Gasteiger partial charge in [-0.25, -0.2) is 0 Å². The summed E-state index contributed by atoms with van der Waals surface area (Å²) < 4.78 is 5.97. The number of nitrogens with zero attached hydrogens (tertiary/aromatic N) is 1. The number of aryl methyl sites for hydroxylation is 2. The second kappa shape index (κ2) is 7.99. The Balaban J connectivity index is 1.60. The summed E-state index contributed by atoms with van der Waals surface area (Å²) in [6, 6.07) is 15.0. The van der Waals surface area contributed by atoms with Crippen molar-refractivity contribution in [2.24, 2.45) is 0 Å². The first kappa shape index (κ1) is 20.8. The van der Waals surface area contributed by atoms with Gasteiger partial charge in [-0.2, -0.15) is 0 Å². The summed E-state index contributed by atoms with van der Waals surface area (Å²) in [6.45, 7) is 3.79. The molecule has 0 aliphatic heterocycles. The molecule has 160 valence electrons. The molecule has 0 aliphatic rings. The van der Waals surface area contributed by atoms with E-state index in [0.29, 0.717) is 27.9 Å². The van der Waals surface area contributed by atoms with Gasteiger partial charge >= 0.3 is 0 Å². The molecule has 2 N–H and O–H groups in total. The van der Waals surface area contributed by atoms with Crippen LogP contribution in [0.15, 0.2) is 69.9 Å². The fourth-order valence-corrected chi connectivity index (χ4v) is 3.47. The molecule has 0 atom stereocenters. The van der Waals surface area contributed by atoms with E-state index in [1.54, 1.807) is 30.3 Å². The van der Waals surface area contributed by atoms with Gasteiger partial charge in [0.25, 0.3) is 11.6 Å². The number of nitrogens with one attached hydrogen (secondary N) is 1. The molecule has 8 heteroatoms. The second-order valence-corrected chi connectivity index (χ2v) is 7.42. The zero-order valence-corrected chi connectivity index (χ0v) is 17.2. The van der Waals surface area contributed by atoms with Crippen LogP contribution in [0.4, 0.5) is 11.4 Å². The average molecular weight is 430 g/mol. The van der Waals surface area contributed by atoms with Crippen LogP contribution in [0.5, 0.6) is 5.75 Å². The molecule has 1 amide bonds. The molecule has 0 aliphatic carbocycles. The van der Waals surface area contributed by atoms with Crippen LogP contribution < -0.4 is 10.7 Å². The average Bonchev–Trinajstić information content (AvgIpc) is 2.75. The molecule has 1 aromatic heterocycles. The first-order valence-electron chi connectivity index (χ1n) is 9.67. The third-order valence-corrected chi connectivity index (χ3v) is 5.03. The van der Waals surface area contributed by atoms with Gasteiger partial charge in [0.1, 0.15) is 17.1 Å². The van der Waals surface area contributed by atoms with Crippen LogP contribution in [0.2, 0.25) is 0 Å². The van der Waals surface area contributed by atoms with Crippen LogP contribution in [0.1, 0.15) is 21.5 Å². The number of nitro groups is 1. The highest BCUT2D eigenvalue weighted by Crippen LogP contribution is 2.29. The fourth-order valence-electron chi connectivity index (χ4n) is 3.47. The normalized spacial score (nSPS) is 10.8. The number of phenols is 1. The van der Waals surface area contributed by atoms with E-state index in [4.69, 9.17) is 4.42 Å². The van der Waals surface area contributed by atoms with Gasteiger partial charge in [0.2, 0.25) is 0 Å². The molecule has 3 aromatic carbocycles. The molecule has 0 radical (unpaired) electrons. The molecule has 4 aromatic rings. The van der Waals surface area contributed by atoms with Gasteiger partial charge in [0.15, 0.2) is 5.43 Å². The lowest BCUT2D eigenvalue weighted by Gasteiger charge is -2.09. The highest BCUT2D eigenvalue weighted by atomic mass is 16.6. The topological polar surface area (TPSA) is 123 Å². The molecule has 0 saturated carbocycles. The number of non-ortho nitro benzene ring substituents is 1. The monoisotopic (exact) mass is 430 g/mol. The van der Waals surface area contributed by atoms with Gasteiger partial charge in [-0.15, -0.1) is 0 Å². The Morgan fingerprint density at radius 2 is 1.75 bits per heavy atom. The first-order valence-corrected chi connectivity index (χ1v) is 9.67. The molecule has 0 saturated heterocycles. The van der Waals surface area contributed by atoms with Crippen LogP contribution in [0, 0.1) is 24.0 Å². The van der Waals surface area contributed by atoms with Crippen LogP contribution >= 0.6 is 0 Å². The Morgan fingerprint density at radius 3 is 2.41 bits per heavy atom. The van der Waals surface area contributed by atoms with Crippen molar-refractivity contribution in [1.82, 2.24) is 0 Å². The maximum Gasteiger partial charge on any atom is 0.273 e. The summed E-state index contributed by atoms with van der Waals surface area (Å²) in [5, 5.41) is 23.7. The number of carbonyl (C=O) groups excluding carboxylic acids is 1. The van der Waals surface area contributed by atoms with Crippen molar-refractivity contribution in [2.45, 2.75) is 13.8 Å². The molecule has 1 heterocycles. The largest absolute Gasteiger partial charge is 0.506 e. The van der Waals surface area contributed by atoms with Crippen LogP contribution in [0.3, 0.4) is 0 Å². The smallest absolute Gasteiger partial charge is 0.273 e. The minimum atomic E-state index is -0.641. The van der Waals surface area contributed by atoms with E-state index in [0.717, 1.165) is 17.2 Å². The summed E-state index contributed by atoms with van der Waals surface area (Å²) in [5.74, 6) is -0.533. The van der Waals surface area contributed by atoms with E-state index >= 15 is 0 Å². The Hall–Kier alpha value is -4.46. The van der Waals surface area contributed by atoms with Gasteiger partial charge in [-0.1, -0.05) is 18.2 Å². The highest BCUT2D eigenvalue weighted by molar-refractivity contribution is 6.05. The molecular weight excluding hydrogens is 412 g/mol. The van der Waals surface area contributed by atoms with E-state index in [2.05, 4.69) is 5.32 Å². The molecule has 0 unspecified atom stereocenters. The predicted octanol–water partition coefficient (Wildman–Crippen LogP) is 4.94. The van der Waals surface area contributed by atoms with Gasteiger partial charge in [-0.3, -0.25) is 19.7 Å². The minimum Gasteiger partial charge on any atom is -0.506 e. The summed E-state index contributed by atoms with van der Waals surface area (Å²) in [5.41, 5.74) is 2.89. The number of hydrogen-bond donors (Lipinski definition) is 2. The minimum absolute atomic E-state index is 0.0518. The quantitative estimate of drug-likeness (QED) is 0.268. The number of carbonyl (C=O) groups is 1. The summed E-state index contributed by atoms with van der Waals surface area (Å²) >= 11 is 0. The highest BCUT2D eigenvalue weighted by Gasteiger charge is 2.14. The lowest BCUT2D eigenvalue weighted by molar-refractivity contribution is -0.384. The van der Waals surface area contributed by atoms with E-state index < -0.39 is 16.6 Å². The number of aromatic hydroxyl groups is 1. The maximum absolute atomic E-state index is 12.6. The number of nitro benzene ring substituents is 1. The lowest BCUT2D eigenvalue weighted by Crippen LogP contribution is -2.12. The standard InChI is InChI=1S/C24H18N2O6/c1-13-9-14(2)23-18(10-13)20(27)12-22(32-23)15-3-5-16(6-4-15)24(29)25-19-8-7-17(26(30)31)11-21(19)28/h3-12,28H,1-2H3,(H,25,29). The third kappa shape index (κ3) is 3.93. The number of amides is 1. The number of hydrogen-bond acceptors (Lipinski definition) is 6. The second-order valence-electron chi connectivity index (χ2n) is 7.42. The Morgan fingerprint density at radius 1 is 1.03 bits per heavy atom. The van der Waals surface area contributed by atoms with Gasteiger partial charge < -0.3 is 14.8 Å². The Bertz CT molecular complexity index is 1440. The fraction of sp³-hybridized carbons (Fsp3) is 0.0833. The number of phenolic OH excluding ortho intramolecular Hbond substituents is 1. The van der Waals surface area contributed by atoms with Crippen molar-refractivity contribution in [1.29, 1.82) is 0 Å². The Labute approximate surface area is 181 Å². The number of benzene rings is 3. The molecular formula is C24H18N2O6. The summed E-state index contributed by atoms with van der Waals surface area (Å²) in [6.07, 6.45) is 0. The van der Waals surface area contributed by atoms with E-state index in [1.165, 1.54) is 18.2 Å². The van der Waals surface area contributed by atoms with Gasteiger partial charge in [0, 0.05) is 23.3 Å². The van der Waals surface area contributed by atoms with Gasteiger partial charge in [0.05, 0.1) is 22.1 Å². The van der Waals surface area contributed by atoms with Crippen molar-refractivity contribution < 1.29 is 19.2 Å². The van der Waals surface area contributed by atoms with Crippen molar-refractivity contribution in [3.05, 3.63) is 97.7 Å². The lowest BCUT2D eigenvalue weighted by atomic mass is 10.1. The van der Waals surface area contributed by atoms with Crippen molar-refractivity contribution >= 4 is 28.3 Å². The third-order valence-electron chi connectivity index (χ3n) is 5.03. The number of rotatable bonds is 4. The van der Waals surface area contributed by atoms with Crippen LogP contribution in [0.25, 0.3) is 22.3 Å². The molecule has 4 rings (SSSR count). The zero-order chi connectivity index (χ0) is 23.0. The van der Waals surface area contributed by atoms with E-state index in [-0.39, 0.29) is 16.8 Å². The SMILES string of the molecule is Cc1cc(C)c2oc(-c3ccc(C(=O)Nc4ccc([N+](=O)[O-])cc4O)cc3)cc(=O)c2c1. The zero-order valence-electron chi connectivity index (χ0n) is 17.2. The van der Waals surface area contributed by atoms with Crippen LogP contribution in [-0.2, 0) is 0 Å². The van der Waals surface area contributed by atoms with Gasteiger partial charge in [-0.05, 0) is 49.2 Å². The molecule has 0 spiro atoms. The van der Waals surface area contributed by atoms with E-state index in [1.807, 2.05) is 19.9 Å².